The molecule has 0 spiro atoms. The van der Waals surface area contributed by atoms with E-state index >= 15 is 0 Å². The fourth-order valence-corrected chi connectivity index (χ4v) is 2.35. The van der Waals surface area contributed by atoms with E-state index in [4.69, 9.17) is 9.47 Å². The number of carbonyl (C=O) groups excluding carboxylic acids is 2. The summed E-state index contributed by atoms with van der Waals surface area (Å²) in [5.41, 5.74) is 4.10. The normalized spacial score (nSPS) is 10.4. The third-order valence-electron chi connectivity index (χ3n) is 3.73. The predicted molar refractivity (Wildman–Crippen MR) is 103 cm³/mol. The average molecular weight is 369 g/mol. The molecule has 2 rings (SSSR count). The highest BCUT2D eigenvalue weighted by molar-refractivity contribution is 5.97. The van der Waals surface area contributed by atoms with Crippen LogP contribution in [0, 0.1) is 0 Å². The summed E-state index contributed by atoms with van der Waals surface area (Å²) < 4.78 is 10.4. The Bertz CT molecular complexity index is 791. The summed E-state index contributed by atoms with van der Waals surface area (Å²) in [4.78, 5) is 23.6. The fourth-order valence-electron chi connectivity index (χ4n) is 2.35. The number of carbonyl (C=O) groups is 2. The number of hydrogen-bond acceptors (Lipinski definition) is 5. The molecule has 2 N–H and O–H groups in total. The number of hydrazone groups is 1. The SMILES string of the molecule is COc1ccc(OC)c(/C=N/NC(=O)CC(=O)NCCc2ccccc2)c1. The topological polar surface area (TPSA) is 89.0 Å². The van der Waals surface area contributed by atoms with Gasteiger partial charge in [0.05, 0.1) is 20.4 Å². The van der Waals surface area contributed by atoms with Crippen LogP contribution < -0.4 is 20.2 Å². The number of benzene rings is 2. The Morgan fingerprint density at radius 1 is 1.04 bits per heavy atom. The Balaban J connectivity index is 1.76. The molecule has 0 unspecified atom stereocenters. The Hall–Kier alpha value is -3.35. The molecule has 0 aliphatic rings. The van der Waals surface area contributed by atoms with Crippen LogP contribution in [0.15, 0.2) is 53.6 Å². The monoisotopic (exact) mass is 369 g/mol. The second-order valence-electron chi connectivity index (χ2n) is 5.66. The number of nitrogens with one attached hydrogen (secondary N) is 2. The second kappa shape index (κ2) is 10.6. The van der Waals surface area contributed by atoms with Gasteiger partial charge in [0.15, 0.2) is 0 Å². The summed E-state index contributed by atoms with van der Waals surface area (Å²) in [7, 11) is 3.10. The van der Waals surface area contributed by atoms with Crippen molar-refractivity contribution in [3.8, 4) is 11.5 Å². The molecule has 0 aromatic heterocycles. The first-order chi connectivity index (χ1) is 13.1. The first-order valence-corrected chi connectivity index (χ1v) is 8.47. The number of ether oxygens (including phenoxy) is 2. The van der Waals surface area contributed by atoms with Gasteiger partial charge in [-0.3, -0.25) is 9.59 Å². The van der Waals surface area contributed by atoms with Crippen molar-refractivity contribution in [1.29, 1.82) is 0 Å². The van der Waals surface area contributed by atoms with E-state index in [1.54, 1.807) is 25.3 Å². The molecule has 0 heterocycles. The first kappa shape index (κ1) is 20.0. The summed E-state index contributed by atoms with van der Waals surface area (Å²) in [6, 6.07) is 15.0. The van der Waals surface area contributed by atoms with Gasteiger partial charge in [0, 0.05) is 12.1 Å². The Labute approximate surface area is 158 Å². The third-order valence-corrected chi connectivity index (χ3v) is 3.73. The number of nitrogens with zero attached hydrogens (tertiary/aromatic N) is 1. The Morgan fingerprint density at radius 3 is 2.52 bits per heavy atom. The highest BCUT2D eigenvalue weighted by Gasteiger charge is 2.08. The zero-order chi connectivity index (χ0) is 19.5. The van der Waals surface area contributed by atoms with E-state index < -0.39 is 5.91 Å². The van der Waals surface area contributed by atoms with Gasteiger partial charge in [0.2, 0.25) is 11.8 Å². The Morgan fingerprint density at radius 2 is 1.81 bits per heavy atom. The van der Waals surface area contributed by atoms with Crippen molar-refractivity contribution >= 4 is 18.0 Å². The molecule has 142 valence electrons. The van der Waals surface area contributed by atoms with Crippen molar-refractivity contribution in [2.24, 2.45) is 5.10 Å². The van der Waals surface area contributed by atoms with Crippen molar-refractivity contribution in [3.63, 3.8) is 0 Å². The van der Waals surface area contributed by atoms with Crippen molar-refractivity contribution < 1.29 is 19.1 Å². The molecule has 0 aliphatic carbocycles. The molecule has 0 saturated heterocycles. The third kappa shape index (κ3) is 6.81. The van der Waals surface area contributed by atoms with Crippen LogP contribution >= 0.6 is 0 Å². The smallest absolute Gasteiger partial charge is 0.249 e. The fraction of sp³-hybridized carbons (Fsp3) is 0.250. The van der Waals surface area contributed by atoms with Gasteiger partial charge < -0.3 is 14.8 Å². The van der Waals surface area contributed by atoms with Gasteiger partial charge in [0.1, 0.15) is 17.9 Å². The van der Waals surface area contributed by atoms with Gasteiger partial charge in [-0.1, -0.05) is 30.3 Å². The number of methoxy groups -OCH3 is 2. The maximum Gasteiger partial charge on any atom is 0.249 e. The van der Waals surface area contributed by atoms with Crippen molar-refractivity contribution in [1.82, 2.24) is 10.7 Å². The minimum atomic E-state index is -0.495. The zero-order valence-corrected chi connectivity index (χ0v) is 15.4. The number of rotatable bonds is 9. The van der Waals surface area contributed by atoms with Crippen LogP contribution in [0.1, 0.15) is 17.5 Å². The van der Waals surface area contributed by atoms with E-state index in [1.165, 1.54) is 13.3 Å². The minimum Gasteiger partial charge on any atom is -0.497 e. The van der Waals surface area contributed by atoms with Crippen LogP contribution in [0.4, 0.5) is 0 Å². The predicted octanol–water partition coefficient (Wildman–Crippen LogP) is 1.90. The van der Waals surface area contributed by atoms with Gasteiger partial charge in [-0.05, 0) is 30.2 Å². The van der Waals surface area contributed by atoms with Crippen LogP contribution in [0.5, 0.6) is 11.5 Å². The Kier molecular flexibility index (Phi) is 7.84. The number of amides is 2. The first-order valence-electron chi connectivity index (χ1n) is 8.47. The lowest BCUT2D eigenvalue weighted by Gasteiger charge is -2.07. The maximum atomic E-state index is 11.8. The van der Waals surface area contributed by atoms with E-state index in [1.807, 2.05) is 30.3 Å². The van der Waals surface area contributed by atoms with Crippen LogP contribution in [0.25, 0.3) is 0 Å². The molecular weight excluding hydrogens is 346 g/mol. The van der Waals surface area contributed by atoms with Crippen LogP contribution in [0.3, 0.4) is 0 Å². The lowest BCUT2D eigenvalue weighted by atomic mass is 10.1. The van der Waals surface area contributed by atoms with Crippen molar-refractivity contribution in [2.45, 2.75) is 12.8 Å². The molecule has 2 aromatic carbocycles. The second-order valence-corrected chi connectivity index (χ2v) is 5.66. The molecule has 2 amide bonds. The molecular formula is C20H23N3O4. The van der Waals surface area contributed by atoms with Gasteiger partial charge in [0.25, 0.3) is 0 Å². The van der Waals surface area contributed by atoms with Gasteiger partial charge in [-0.25, -0.2) is 5.43 Å². The molecule has 0 atom stereocenters. The van der Waals surface area contributed by atoms with Gasteiger partial charge >= 0.3 is 0 Å². The zero-order valence-electron chi connectivity index (χ0n) is 15.4. The molecule has 2 aromatic rings. The summed E-state index contributed by atoms with van der Waals surface area (Å²) in [6.45, 7) is 0.473. The molecule has 7 nitrogen and oxygen atoms in total. The van der Waals surface area contributed by atoms with Gasteiger partial charge in [-0.15, -0.1) is 0 Å². The van der Waals surface area contributed by atoms with E-state index in [0.717, 1.165) is 5.56 Å². The molecule has 0 bridgehead atoms. The summed E-state index contributed by atoms with van der Waals surface area (Å²) in [5, 5.41) is 6.58. The van der Waals surface area contributed by atoms with Crippen molar-refractivity contribution in [3.05, 3.63) is 59.7 Å². The number of hydrogen-bond donors (Lipinski definition) is 2. The molecule has 0 radical (unpaired) electrons. The quantitative estimate of drug-likeness (QED) is 0.401. The van der Waals surface area contributed by atoms with Crippen LogP contribution in [-0.4, -0.2) is 38.8 Å². The average Bonchev–Trinajstić information content (AvgIpc) is 2.68. The van der Waals surface area contributed by atoms with E-state index in [9.17, 15) is 9.59 Å². The van der Waals surface area contributed by atoms with E-state index in [0.29, 0.717) is 30.0 Å². The highest BCUT2D eigenvalue weighted by atomic mass is 16.5. The summed E-state index contributed by atoms with van der Waals surface area (Å²) in [6.07, 6.45) is 1.86. The molecule has 0 saturated carbocycles. The van der Waals surface area contributed by atoms with Crippen molar-refractivity contribution in [2.75, 3.05) is 20.8 Å². The lowest BCUT2D eigenvalue weighted by molar-refractivity contribution is -0.129. The molecule has 7 heteroatoms. The van der Waals surface area contributed by atoms with E-state index in [2.05, 4.69) is 15.8 Å². The molecule has 0 fully saturated rings. The largest absolute Gasteiger partial charge is 0.497 e. The highest BCUT2D eigenvalue weighted by Crippen LogP contribution is 2.22. The minimum absolute atomic E-state index is 0.290. The lowest BCUT2D eigenvalue weighted by Crippen LogP contribution is -2.31. The van der Waals surface area contributed by atoms with Gasteiger partial charge in [-0.2, -0.15) is 5.10 Å². The standard InChI is InChI=1S/C20H23N3O4/c1-26-17-8-9-18(27-2)16(12-17)14-22-23-20(25)13-19(24)21-11-10-15-6-4-3-5-7-15/h3-9,12,14H,10-11,13H2,1-2H3,(H,21,24)(H,23,25)/b22-14+. The van der Waals surface area contributed by atoms with Crippen LogP contribution in [-0.2, 0) is 16.0 Å². The summed E-state index contributed by atoms with van der Waals surface area (Å²) >= 11 is 0. The summed E-state index contributed by atoms with van der Waals surface area (Å²) in [5.74, 6) is 0.386. The molecule has 27 heavy (non-hydrogen) atoms. The molecule has 0 aliphatic heterocycles. The van der Waals surface area contributed by atoms with E-state index in [-0.39, 0.29) is 12.3 Å². The maximum absolute atomic E-state index is 11.8. The van der Waals surface area contributed by atoms with Crippen LogP contribution in [0.2, 0.25) is 0 Å².